The number of rotatable bonds is 1. The molecule has 1 aromatic carbocycles. The molecule has 0 heterocycles. The zero-order valence-corrected chi connectivity index (χ0v) is 5.46. The first-order chi connectivity index (χ1) is 4.86. The Morgan fingerprint density at radius 3 is 2.30 bits per heavy atom. The van der Waals surface area contributed by atoms with Gasteiger partial charge < -0.3 is 0 Å². The van der Waals surface area contributed by atoms with Crippen molar-refractivity contribution in [1.29, 1.82) is 5.26 Å². The van der Waals surface area contributed by atoms with Crippen LogP contribution in [0, 0.1) is 11.3 Å². The topological polar surface area (TPSA) is 47.6 Å². The van der Waals surface area contributed by atoms with Crippen LogP contribution in [0.2, 0.25) is 0 Å². The van der Waals surface area contributed by atoms with E-state index in [4.69, 9.17) is 11.0 Å². The summed E-state index contributed by atoms with van der Waals surface area (Å²) in [5, 5.41) is 8.40. The molecule has 0 bridgehead atoms. The maximum Gasteiger partial charge on any atom is 0.0991 e. The summed E-state index contributed by atoms with van der Waals surface area (Å²) in [4.78, 5) is 0. The minimum absolute atomic E-state index is 0.283. The molecule has 0 fully saturated rings. The average molecular weight is 131 g/mol. The fraction of sp³-hybridized carbons (Fsp3) is 0.125. The van der Waals surface area contributed by atoms with Gasteiger partial charge in [0.05, 0.1) is 11.6 Å². The average Bonchev–Trinajstić information content (AvgIpc) is 2.05. The molecule has 0 amide bonds. The highest BCUT2D eigenvalue weighted by molar-refractivity contribution is 5.31. The van der Waals surface area contributed by atoms with Crippen molar-refractivity contribution in [3.63, 3.8) is 0 Å². The highest BCUT2D eigenvalue weighted by Crippen LogP contribution is 2.01. The van der Waals surface area contributed by atoms with Crippen LogP contribution in [-0.4, -0.2) is 0 Å². The van der Waals surface area contributed by atoms with Gasteiger partial charge in [-0.3, -0.25) is 5.73 Å². The zero-order chi connectivity index (χ0) is 7.40. The lowest BCUT2D eigenvalue weighted by Crippen LogP contribution is -1.83. The van der Waals surface area contributed by atoms with Crippen LogP contribution in [0.5, 0.6) is 0 Å². The largest absolute Gasteiger partial charge is 0.253 e. The highest BCUT2D eigenvalue weighted by Gasteiger charge is 1.89. The van der Waals surface area contributed by atoms with Gasteiger partial charge in [-0.05, 0) is 17.7 Å². The standard InChI is InChI=1S/C8H7N2/c9-5-7-1-2-8(6-10)4-3-7/h1-4,9H,5H2. The van der Waals surface area contributed by atoms with E-state index >= 15 is 0 Å². The van der Waals surface area contributed by atoms with Crippen molar-refractivity contribution in [1.82, 2.24) is 5.73 Å². The molecule has 0 saturated heterocycles. The molecule has 0 atom stereocenters. The molecule has 0 aliphatic heterocycles. The molecule has 1 N–H and O–H groups in total. The van der Waals surface area contributed by atoms with E-state index in [9.17, 15) is 0 Å². The van der Waals surface area contributed by atoms with Crippen molar-refractivity contribution in [2.24, 2.45) is 0 Å². The first-order valence-corrected chi connectivity index (χ1v) is 3.00. The second-order valence-electron chi connectivity index (χ2n) is 1.99. The van der Waals surface area contributed by atoms with Crippen LogP contribution in [0.3, 0.4) is 0 Å². The smallest absolute Gasteiger partial charge is 0.0991 e. The van der Waals surface area contributed by atoms with Crippen molar-refractivity contribution in [3.05, 3.63) is 35.4 Å². The molecule has 0 aliphatic rings. The molecular formula is C8H7N2. The van der Waals surface area contributed by atoms with Gasteiger partial charge in [0.1, 0.15) is 0 Å². The quantitative estimate of drug-likeness (QED) is 0.567. The van der Waals surface area contributed by atoms with Gasteiger partial charge in [-0.2, -0.15) is 5.26 Å². The van der Waals surface area contributed by atoms with Gasteiger partial charge in [0, 0.05) is 6.54 Å². The van der Waals surface area contributed by atoms with Crippen LogP contribution in [-0.2, 0) is 6.54 Å². The Bertz CT molecular complexity index is 243. The minimum Gasteiger partial charge on any atom is -0.253 e. The number of nitriles is 1. The molecule has 1 radical (unpaired) electrons. The Hall–Kier alpha value is -1.33. The van der Waals surface area contributed by atoms with E-state index in [2.05, 4.69) is 0 Å². The lowest BCUT2D eigenvalue weighted by atomic mass is 10.1. The van der Waals surface area contributed by atoms with Gasteiger partial charge in [0.15, 0.2) is 0 Å². The predicted octanol–water partition coefficient (Wildman–Crippen LogP) is 1.34. The summed E-state index contributed by atoms with van der Waals surface area (Å²) in [5.41, 5.74) is 8.58. The van der Waals surface area contributed by atoms with E-state index in [1.807, 2.05) is 6.07 Å². The monoisotopic (exact) mass is 131 g/mol. The molecule has 0 aromatic heterocycles. The van der Waals surface area contributed by atoms with E-state index in [1.165, 1.54) is 0 Å². The third kappa shape index (κ3) is 1.34. The molecule has 1 rings (SSSR count). The summed E-state index contributed by atoms with van der Waals surface area (Å²) < 4.78 is 0. The number of benzene rings is 1. The fourth-order valence-electron chi connectivity index (χ4n) is 0.697. The van der Waals surface area contributed by atoms with Crippen LogP contribution < -0.4 is 5.73 Å². The first kappa shape index (κ1) is 6.79. The molecule has 10 heavy (non-hydrogen) atoms. The molecule has 2 heteroatoms. The second kappa shape index (κ2) is 3.00. The van der Waals surface area contributed by atoms with Gasteiger partial charge in [0.25, 0.3) is 0 Å². The predicted molar refractivity (Wildman–Crippen MR) is 38.0 cm³/mol. The Morgan fingerprint density at radius 2 is 1.90 bits per heavy atom. The fourth-order valence-corrected chi connectivity index (χ4v) is 0.697. The van der Waals surface area contributed by atoms with Crippen LogP contribution in [0.4, 0.5) is 0 Å². The highest BCUT2D eigenvalue weighted by atomic mass is 14.5. The molecular weight excluding hydrogens is 124 g/mol. The van der Waals surface area contributed by atoms with E-state index in [0.29, 0.717) is 5.56 Å². The summed E-state index contributed by atoms with van der Waals surface area (Å²) in [5.74, 6) is 0. The van der Waals surface area contributed by atoms with E-state index in [1.54, 1.807) is 24.3 Å². The summed E-state index contributed by atoms with van der Waals surface area (Å²) in [6, 6.07) is 9.06. The van der Waals surface area contributed by atoms with Gasteiger partial charge in [0.2, 0.25) is 0 Å². The summed E-state index contributed by atoms with van der Waals surface area (Å²) in [6.07, 6.45) is 0. The molecule has 0 spiro atoms. The van der Waals surface area contributed by atoms with Crippen LogP contribution >= 0.6 is 0 Å². The molecule has 0 aliphatic carbocycles. The van der Waals surface area contributed by atoms with Crippen molar-refractivity contribution >= 4 is 0 Å². The normalized spacial score (nSPS) is 8.80. The van der Waals surface area contributed by atoms with Crippen LogP contribution in [0.15, 0.2) is 24.3 Å². The van der Waals surface area contributed by atoms with Crippen LogP contribution in [0.25, 0.3) is 0 Å². The van der Waals surface area contributed by atoms with E-state index < -0.39 is 0 Å². The lowest BCUT2D eigenvalue weighted by molar-refractivity contribution is 1.03. The van der Waals surface area contributed by atoms with Gasteiger partial charge >= 0.3 is 0 Å². The Kier molecular flexibility index (Phi) is 2.03. The summed E-state index contributed by atoms with van der Waals surface area (Å²) in [6.45, 7) is 0.283. The zero-order valence-electron chi connectivity index (χ0n) is 5.46. The van der Waals surface area contributed by atoms with Gasteiger partial charge in [-0.1, -0.05) is 12.1 Å². The van der Waals surface area contributed by atoms with Crippen molar-refractivity contribution in [3.8, 4) is 6.07 Å². The maximum absolute atomic E-state index is 8.40. The number of hydrogen-bond donors (Lipinski definition) is 0. The van der Waals surface area contributed by atoms with Crippen molar-refractivity contribution < 1.29 is 0 Å². The third-order valence-corrected chi connectivity index (χ3v) is 1.29. The summed E-state index contributed by atoms with van der Waals surface area (Å²) >= 11 is 0. The molecule has 49 valence electrons. The Morgan fingerprint density at radius 1 is 1.30 bits per heavy atom. The number of hydrogen-bond acceptors (Lipinski definition) is 1. The molecule has 2 nitrogen and oxygen atoms in total. The second-order valence-corrected chi connectivity index (χ2v) is 1.99. The van der Waals surface area contributed by atoms with E-state index in [0.717, 1.165) is 5.56 Å². The van der Waals surface area contributed by atoms with Gasteiger partial charge in [-0.25, -0.2) is 0 Å². The third-order valence-electron chi connectivity index (χ3n) is 1.29. The minimum atomic E-state index is 0.283. The SMILES string of the molecule is N#Cc1ccc(C[NH])cc1. The Balaban J connectivity index is 2.93. The molecule has 1 aromatic rings. The van der Waals surface area contributed by atoms with E-state index in [-0.39, 0.29) is 6.54 Å². The Labute approximate surface area is 59.9 Å². The molecule has 0 unspecified atom stereocenters. The van der Waals surface area contributed by atoms with Crippen molar-refractivity contribution in [2.75, 3.05) is 0 Å². The first-order valence-electron chi connectivity index (χ1n) is 3.00. The number of nitrogens with zero attached hydrogens (tertiary/aromatic N) is 1. The lowest BCUT2D eigenvalue weighted by Gasteiger charge is -1.92. The number of nitrogens with one attached hydrogen (secondary N) is 1. The van der Waals surface area contributed by atoms with Crippen molar-refractivity contribution in [2.45, 2.75) is 6.54 Å². The molecule has 0 saturated carbocycles. The van der Waals surface area contributed by atoms with Crippen LogP contribution in [0.1, 0.15) is 11.1 Å². The maximum atomic E-state index is 8.40. The van der Waals surface area contributed by atoms with Gasteiger partial charge in [-0.15, -0.1) is 0 Å². The summed E-state index contributed by atoms with van der Waals surface area (Å²) in [7, 11) is 0.